The average molecular weight is 285 g/mol. The van der Waals surface area contributed by atoms with Crippen LogP contribution in [-0.2, 0) is 11.2 Å². The number of rotatable bonds is 4. The number of halogens is 3. The van der Waals surface area contributed by atoms with Crippen LogP contribution in [0.4, 0.5) is 0 Å². The lowest BCUT2D eigenvalue weighted by Crippen LogP contribution is -2.25. The van der Waals surface area contributed by atoms with Crippen molar-refractivity contribution in [2.45, 2.75) is 6.42 Å². The molecule has 0 aliphatic rings. The summed E-state index contributed by atoms with van der Waals surface area (Å²) in [6.45, 7) is 0.0815. The van der Waals surface area contributed by atoms with Crippen LogP contribution in [0.2, 0.25) is 10.0 Å². The highest BCUT2D eigenvalue weighted by atomic mass is 35.5. The van der Waals surface area contributed by atoms with E-state index in [0.29, 0.717) is 22.0 Å². The van der Waals surface area contributed by atoms with Crippen LogP contribution in [0.3, 0.4) is 0 Å². The van der Waals surface area contributed by atoms with Gasteiger partial charge in [-0.15, -0.1) is 12.4 Å². The molecule has 0 radical (unpaired) electrons. The van der Waals surface area contributed by atoms with Gasteiger partial charge in [-0.25, -0.2) is 0 Å². The molecule has 0 spiro atoms. The lowest BCUT2D eigenvalue weighted by Gasteiger charge is -2.11. The van der Waals surface area contributed by atoms with Gasteiger partial charge in [0.1, 0.15) is 0 Å². The van der Waals surface area contributed by atoms with Crippen molar-refractivity contribution >= 4 is 41.6 Å². The van der Waals surface area contributed by atoms with E-state index in [2.05, 4.69) is 0 Å². The summed E-state index contributed by atoms with van der Waals surface area (Å²) in [4.78, 5) is 10.8. The first kappa shape index (κ1) is 15.5. The van der Waals surface area contributed by atoms with E-state index in [4.69, 9.17) is 34.0 Å². The van der Waals surface area contributed by atoms with E-state index in [1.54, 1.807) is 18.2 Å². The van der Waals surface area contributed by atoms with Crippen LogP contribution in [-0.4, -0.2) is 17.6 Å². The zero-order chi connectivity index (χ0) is 11.4. The van der Waals surface area contributed by atoms with E-state index in [1.807, 2.05) is 0 Å². The summed E-state index contributed by atoms with van der Waals surface area (Å²) >= 11 is 11.7. The summed E-state index contributed by atoms with van der Waals surface area (Å²) in [7, 11) is 0. The van der Waals surface area contributed by atoms with Crippen LogP contribution in [0.25, 0.3) is 0 Å². The van der Waals surface area contributed by atoms with Crippen molar-refractivity contribution in [3.63, 3.8) is 0 Å². The number of carboxylic acids is 1. The zero-order valence-electron chi connectivity index (χ0n) is 8.32. The van der Waals surface area contributed by atoms with Gasteiger partial charge in [0.2, 0.25) is 0 Å². The second kappa shape index (κ2) is 6.97. The summed E-state index contributed by atoms with van der Waals surface area (Å²) in [6, 6.07) is 5.14. The summed E-state index contributed by atoms with van der Waals surface area (Å²) in [5.74, 6) is -1.55. The molecule has 0 amide bonds. The molecule has 3 nitrogen and oxygen atoms in total. The Morgan fingerprint density at radius 2 is 2.06 bits per heavy atom. The van der Waals surface area contributed by atoms with Crippen LogP contribution in [0.5, 0.6) is 0 Å². The van der Waals surface area contributed by atoms with Gasteiger partial charge in [0.25, 0.3) is 0 Å². The van der Waals surface area contributed by atoms with Gasteiger partial charge in [-0.3, -0.25) is 4.79 Å². The summed E-state index contributed by atoms with van der Waals surface area (Å²) < 4.78 is 0. The number of hydrogen-bond donors (Lipinski definition) is 2. The highest BCUT2D eigenvalue weighted by Crippen LogP contribution is 2.27. The van der Waals surface area contributed by atoms with E-state index < -0.39 is 11.9 Å². The number of carbonyl (C=O) groups is 1. The van der Waals surface area contributed by atoms with Crippen molar-refractivity contribution in [2.75, 3.05) is 6.54 Å². The van der Waals surface area contributed by atoms with Crippen molar-refractivity contribution in [1.82, 2.24) is 0 Å². The molecule has 0 fully saturated rings. The van der Waals surface area contributed by atoms with Gasteiger partial charge < -0.3 is 10.8 Å². The smallest absolute Gasteiger partial charge is 0.308 e. The fourth-order valence-electron chi connectivity index (χ4n) is 1.24. The van der Waals surface area contributed by atoms with Gasteiger partial charge in [-0.1, -0.05) is 35.3 Å². The molecule has 6 heteroatoms. The molecule has 0 saturated heterocycles. The highest BCUT2D eigenvalue weighted by Gasteiger charge is 2.17. The molecule has 0 aliphatic carbocycles. The van der Waals surface area contributed by atoms with Crippen molar-refractivity contribution in [1.29, 1.82) is 0 Å². The fourth-order valence-corrected chi connectivity index (χ4v) is 1.64. The summed E-state index contributed by atoms with van der Waals surface area (Å²) in [5.41, 5.74) is 6.06. The van der Waals surface area contributed by atoms with E-state index in [0.717, 1.165) is 0 Å². The summed E-state index contributed by atoms with van der Waals surface area (Å²) in [6.07, 6.45) is 0.297. The number of aliphatic carboxylic acids is 1. The SMILES string of the molecule is Cl.NC[C@H](Cc1cccc(Cl)c1Cl)C(=O)O. The molecule has 90 valence electrons. The molecule has 16 heavy (non-hydrogen) atoms. The molecule has 1 aromatic carbocycles. The van der Waals surface area contributed by atoms with Crippen LogP contribution < -0.4 is 5.73 Å². The summed E-state index contributed by atoms with van der Waals surface area (Å²) in [5, 5.41) is 9.67. The van der Waals surface area contributed by atoms with Crippen molar-refractivity contribution in [3.8, 4) is 0 Å². The van der Waals surface area contributed by atoms with Crippen molar-refractivity contribution in [3.05, 3.63) is 33.8 Å². The molecule has 3 N–H and O–H groups in total. The monoisotopic (exact) mass is 283 g/mol. The fraction of sp³-hybridized carbons (Fsp3) is 0.300. The molecule has 0 aromatic heterocycles. The minimum atomic E-state index is -0.923. The van der Waals surface area contributed by atoms with Crippen molar-refractivity contribution < 1.29 is 9.90 Å². The Morgan fingerprint density at radius 3 is 2.56 bits per heavy atom. The minimum Gasteiger partial charge on any atom is -0.481 e. The Kier molecular flexibility index (Phi) is 6.76. The molecule has 0 bridgehead atoms. The number of carboxylic acid groups (broad SMARTS) is 1. The first-order chi connectivity index (χ1) is 7.06. The Balaban J connectivity index is 0.00000225. The Hall–Kier alpha value is -0.480. The second-order valence-corrected chi connectivity index (χ2v) is 3.97. The first-order valence-electron chi connectivity index (χ1n) is 4.42. The molecule has 1 atom stereocenters. The van der Waals surface area contributed by atoms with Crippen LogP contribution in [0.1, 0.15) is 5.56 Å². The number of benzene rings is 1. The lowest BCUT2D eigenvalue weighted by molar-refractivity contribution is -0.141. The van der Waals surface area contributed by atoms with Crippen LogP contribution in [0.15, 0.2) is 18.2 Å². The van der Waals surface area contributed by atoms with E-state index in [-0.39, 0.29) is 19.0 Å². The molecule has 0 unspecified atom stereocenters. The third-order valence-electron chi connectivity index (χ3n) is 2.13. The predicted molar refractivity (Wildman–Crippen MR) is 67.6 cm³/mol. The van der Waals surface area contributed by atoms with Gasteiger partial charge >= 0.3 is 5.97 Å². The van der Waals surface area contributed by atoms with Gasteiger partial charge in [0.05, 0.1) is 16.0 Å². The topological polar surface area (TPSA) is 63.3 Å². The van der Waals surface area contributed by atoms with Gasteiger partial charge in [0.15, 0.2) is 0 Å². The maximum atomic E-state index is 10.8. The lowest BCUT2D eigenvalue weighted by atomic mass is 10.00. The van der Waals surface area contributed by atoms with Gasteiger partial charge in [-0.05, 0) is 18.1 Å². The van der Waals surface area contributed by atoms with Gasteiger partial charge in [0, 0.05) is 6.54 Å². The largest absolute Gasteiger partial charge is 0.481 e. The first-order valence-corrected chi connectivity index (χ1v) is 5.17. The van der Waals surface area contributed by atoms with E-state index >= 15 is 0 Å². The van der Waals surface area contributed by atoms with Crippen molar-refractivity contribution in [2.24, 2.45) is 11.7 Å². The molecule has 1 rings (SSSR count). The Morgan fingerprint density at radius 1 is 1.44 bits per heavy atom. The van der Waals surface area contributed by atoms with E-state index in [1.165, 1.54) is 0 Å². The normalized spacial score (nSPS) is 11.7. The van der Waals surface area contributed by atoms with E-state index in [9.17, 15) is 4.79 Å². The average Bonchev–Trinajstić information content (AvgIpc) is 2.19. The standard InChI is InChI=1S/C10H11Cl2NO2.ClH/c11-8-3-1-2-6(9(8)12)4-7(5-13)10(14)15;/h1-3,7H,4-5,13H2,(H,14,15);1H/t7-;/m0./s1. The minimum absolute atomic E-state index is 0. The molecule has 0 aliphatic heterocycles. The van der Waals surface area contributed by atoms with Crippen LogP contribution in [0, 0.1) is 5.92 Å². The predicted octanol–water partition coefficient (Wildman–Crippen LogP) is 2.62. The maximum absolute atomic E-state index is 10.8. The Bertz CT molecular complexity index is 371. The molecular weight excluding hydrogens is 272 g/mol. The molecule has 1 aromatic rings. The van der Waals surface area contributed by atoms with Crippen LogP contribution >= 0.6 is 35.6 Å². The zero-order valence-corrected chi connectivity index (χ0v) is 10.6. The molecular formula is C10H12Cl3NO2. The number of hydrogen-bond acceptors (Lipinski definition) is 2. The highest BCUT2D eigenvalue weighted by molar-refractivity contribution is 6.42. The Labute approximate surface area is 110 Å². The molecule has 0 heterocycles. The molecule has 0 saturated carbocycles. The number of nitrogens with two attached hydrogens (primary N) is 1. The third kappa shape index (κ3) is 3.83. The third-order valence-corrected chi connectivity index (χ3v) is 2.99. The second-order valence-electron chi connectivity index (χ2n) is 3.19. The van der Waals surface area contributed by atoms with Gasteiger partial charge in [-0.2, -0.15) is 0 Å². The maximum Gasteiger partial charge on any atom is 0.308 e. The quantitative estimate of drug-likeness (QED) is 0.893.